The Kier molecular flexibility index (Phi) is 6.34. The zero-order chi connectivity index (χ0) is 23.9. The molecule has 0 unspecified atom stereocenters. The molecule has 0 N–H and O–H groups in total. The first-order valence-corrected chi connectivity index (χ1v) is 11.5. The van der Waals surface area contributed by atoms with E-state index >= 15 is 0 Å². The van der Waals surface area contributed by atoms with E-state index in [1.165, 1.54) is 23.6 Å². The fourth-order valence-electron chi connectivity index (χ4n) is 3.82. The van der Waals surface area contributed by atoms with E-state index in [2.05, 4.69) is 29.0 Å². The third-order valence-electron chi connectivity index (χ3n) is 5.14. The van der Waals surface area contributed by atoms with E-state index in [1.54, 1.807) is 0 Å². The van der Waals surface area contributed by atoms with Crippen LogP contribution in [0.2, 0.25) is 0 Å². The fourth-order valence-corrected chi connectivity index (χ4v) is 4.54. The van der Waals surface area contributed by atoms with Gasteiger partial charge in [0.05, 0.1) is 11.3 Å². The summed E-state index contributed by atoms with van der Waals surface area (Å²) in [5, 5.41) is 9.03. The number of amides is 1. The highest BCUT2D eigenvalue weighted by Crippen LogP contribution is 2.46. The predicted octanol–water partition coefficient (Wildman–Crippen LogP) is 5.63. The van der Waals surface area contributed by atoms with Crippen LogP contribution in [-0.2, 0) is 4.79 Å². The lowest BCUT2D eigenvalue weighted by atomic mass is 10.00. The maximum absolute atomic E-state index is 14.9. The molecule has 0 radical (unpaired) electrons. The number of hydrogen-bond donors (Lipinski definition) is 0. The van der Waals surface area contributed by atoms with Gasteiger partial charge in [0.15, 0.2) is 5.69 Å². The highest BCUT2D eigenvalue weighted by atomic mass is 32.2. The summed E-state index contributed by atoms with van der Waals surface area (Å²) in [6, 6.07) is 6.85. The first kappa shape index (κ1) is 23.1. The second-order valence-corrected chi connectivity index (χ2v) is 9.44. The van der Waals surface area contributed by atoms with Crippen molar-refractivity contribution in [1.82, 2.24) is 15.2 Å². The first-order valence-electron chi connectivity index (χ1n) is 10.6. The molecule has 0 fully saturated rings. The maximum atomic E-state index is 14.9. The number of carbonyl (C=O) groups is 1. The Labute approximate surface area is 195 Å². The molecule has 0 saturated carbocycles. The zero-order valence-electron chi connectivity index (χ0n) is 19.0. The topological polar surface area (TPSA) is 68.2 Å². The van der Waals surface area contributed by atoms with Gasteiger partial charge in [-0.2, -0.15) is 4.98 Å². The third kappa shape index (κ3) is 4.55. The Hall–Kier alpha value is -3.07. The number of aryl methyl sites for hydroxylation is 2. The molecule has 6 nitrogen and oxygen atoms in total. The van der Waals surface area contributed by atoms with Crippen molar-refractivity contribution in [2.45, 2.75) is 46.0 Å². The van der Waals surface area contributed by atoms with Crippen molar-refractivity contribution in [2.75, 3.05) is 10.7 Å². The van der Waals surface area contributed by atoms with Gasteiger partial charge in [-0.1, -0.05) is 37.2 Å². The molecule has 33 heavy (non-hydrogen) atoms. The molecule has 0 saturated heterocycles. The number of anilines is 1. The van der Waals surface area contributed by atoms with Crippen molar-refractivity contribution in [3.05, 3.63) is 58.7 Å². The van der Waals surface area contributed by atoms with Crippen molar-refractivity contribution in [2.24, 2.45) is 5.92 Å². The van der Waals surface area contributed by atoms with E-state index in [0.29, 0.717) is 28.0 Å². The van der Waals surface area contributed by atoms with E-state index in [4.69, 9.17) is 4.74 Å². The summed E-state index contributed by atoms with van der Waals surface area (Å²) in [5.41, 5.74) is 3.03. The summed E-state index contributed by atoms with van der Waals surface area (Å²) in [7, 11) is 0. The molecule has 3 aromatic rings. The van der Waals surface area contributed by atoms with Gasteiger partial charge in [-0.3, -0.25) is 9.69 Å². The number of fused-ring (bicyclic) bond motifs is 3. The van der Waals surface area contributed by atoms with Gasteiger partial charge in [-0.15, -0.1) is 10.2 Å². The van der Waals surface area contributed by atoms with Gasteiger partial charge in [0.1, 0.15) is 11.6 Å². The van der Waals surface area contributed by atoms with Crippen LogP contribution in [-0.4, -0.2) is 26.8 Å². The molecule has 1 atom stereocenters. The monoisotopic (exact) mass is 470 g/mol. The molecule has 1 amide bonds. The molecule has 0 bridgehead atoms. The number of hydrogen-bond acceptors (Lipinski definition) is 6. The Morgan fingerprint density at radius 2 is 1.94 bits per heavy atom. The minimum absolute atomic E-state index is 0.111. The van der Waals surface area contributed by atoms with E-state index in [-0.39, 0.29) is 11.4 Å². The summed E-state index contributed by atoms with van der Waals surface area (Å²) in [6.07, 6.45) is -1.28. The van der Waals surface area contributed by atoms with Gasteiger partial charge in [-0.25, -0.2) is 8.78 Å². The zero-order valence-corrected chi connectivity index (χ0v) is 19.8. The first-order chi connectivity index (χ1) is 15.7. The Bertz CT molecular complexity index is 1240. The predicted molar refractivity (Wildman–Crippen MR) is 123 cm³/mol. The molecule has 1 aromatic heterocycles. The summed E-state index contributed by atoms with van der Waals surface area (Å²) >= 11 is 1.43. The molecular formula is C24H24F2N4O2S. The van der Waals surface area contributed by atoms with Crippen molar-refractivity contribution < 1.29 is 18.3 Å². The smallest absolute Gasteiger partial charge is 0.247 e. The van der Waals surface area contributed by atoms with Crippen molar-refractivity contribution in [1.29, 1.82) is 0 Å². The Morgan fingerprint density at radius 3 is 2.64 bits per heavy atom. The summed E-state index contributed by atoms with van der Waals surface area (Å²) < 4.78 is 35.2. The van der Waals surface area contributed by atoms with Crippen LogP contribution in [0.3, 0.4) is 0 Å². The number of carbonyl (C=O) groups excluding carboxylic acids is 1. The SMILES string of the molecule is CC(=O)N1c2c(C)cc(C)cc2-c2nnc(SCC(C)C)nc2O[C@@H]1c1cc(F)ccc1F. The minimum atomic E-state index is -1.28. The van der Waals surface area contributed by atoms with Gasteiger partial charge in [-0.05, 0) is 49.6 Å². The number of aromatic nitrogens is 3. The Balaban J connectivity index is 1.98. The standard InChI is InChI=1S/C24H24F2N4O2S/c1-12(2)11-33-24-27-22-20(28-29-24)18-9-13(3)8-14(4)21(18)30(15(5)31)23(32-22)17-10-16(25)6-7-19(17)26/h6-10,12,23H,11H2,1-5H3/t23-/m1/s1. The van der Waals surface area contributed by atoms with Crippen LogP contribution in [0.5, 0.6) is 5.88 Å². The van der Waals surface area contributed by atoms with Crippen LogP contribution in [0.1, 0.15) is 43.7 Å². The van der Waals surface area contributed by atoms with Gasteiger partial charge < -0.3 is 4.74 Å². The summed E-state index contributed by atoms with van der Waals surface area (Å²) in [5.74, 6) is -0.438. The van der Waals surface area contributed by atoms with Crippen LogP contribution in [0.15, 0.2) is 35.5 Å². The number of ether oxygens (including phenoxy) is 1. The lowest BCUT2D eigenvalue weighted by Gasteiger charge is -2.31. The van der Waals surface area contributed by atoms with Gasteiger partial charge >= 0.3 is 0 Å². The molecule has 9 heteroatoms. The quantitative estimate of drug-likeness (QED) is 0.461. The number of thioether (sulfide) groups is 1. The average molecular weight is 471 g/mol. The minimum Gasteiger partial charge on any atom is -0.447 e. The van der Waals surface area contributed by atoms with E-state index in [0.717, 1.165) is 35.1 Å². The summed E-state index contributed by atoms with van der Waals surface area (Å²) in [4.78, 5) is 18.8. The number of rotatable bonds is 4. The number of halogens is 2. The lowest BCUT2D eigenvalue weighted by Crippen LogP contribution is -2.37. The second-order valence-electron chi connectivity index (χ2n) is 8.46. The molecule has 2 aromatic carbocycles. The van der Waals surface area contributed by atoms with Crippen LogP contribution in [0, 0.1) is 31.4 Å². The normalized spacial score (nSPS) is 15.0. The van der Waals surface area contributed by atoms with E-state index < -0.39 is 23.8 Å². The molecule has 0 spiro atoms. The van der Waals surface area contributed by atoms with Crippen LogP contribution < -0.4 is 9.64 Å². The molecule has 2 heterocycles. The third-order valence-corrected chi connectivity index (χ3v) is 6.41. The van der Waals surface area contributed by atoms with Gasteiger partial charge in [0.2, 0.25) is 23.2 Å². The van der Waals surface area contributed by atoms with E-state index in [1.807, 2.05) is 26.0 Å². The summed E-state index contributed by atoms with van der Waals surface area (Å²) in [6.45, 7) is 9.29. The lowest BCUT2D eigenvalue weighted by molar-refractivity contribution is -0.118. The molecule has 4 rings (SSSR count). The molecule has 0 aliphatic carbocycles. The average Bonchev–Trinajstić information content (AvgIpc) is 2.88. The van der Waals surface area contributed by atoms with Crippen LogP contribution >= 0.6 is 11.8 Å². The van der Waals surface area contributed by atoms with Gasteiger partial charge in [0, 0.05) is 18.2 Å². The van der Waals surface area contributed by atoms with Crippen molar-refractivity contribution in [3.63, 3.8) is 0 Å². The molecular weight excluding hydrogens is 446 g/mol. The highest BCUT2D eigenvalue weighted by molar-refractivity contribution is 7.99. The van der Waals surface area contributed by atoms with Crippen LogP contribution in [0.25, 0.3) is 11.3 Å². The molecule has 1 aliphatic heterocycles. The number of nitrogens with zero attached hydrogens (tertiary/aromatic N) is 4. The highest BCUT2D eigenvalue weighted by Gasteiger charge is 2.37. The maximum Gasteiger partial charge on any atom is 0.247 e. The van der Waals surface area contributed by atoms with E-state index in [9.17, 15) is 13.6 Å². The number of benzene rings is 2. The molecule has 172 valence electrons. The van der Waals surface area contributed by atoms with Gasteiger partial charge in [0.25, 0.3) is 0 Å². The Morgan fingerprint density at radius 1 is 1.18 bits per heavy atom. The fraction of sp³-hybridized carbons (Fsp3) is 0.333. The van der Waals surface area contributed by atoms with Crippen molar-refractivity contribution >= 4 is 23.4 Å². The second kappa shape index (κ2) is 9.05. The molecule has 1 aliphatic rings. The van der Waals surface area contributed by atoms with Crippen LogP contribution in [0.4, 0.5) is 14.5 Å². The largest absolute Gasteiger partial charge is 0.447 e. The van der Waals surface area contributed by atoms with Crippen molar-refractivity contribution in [3.8, 4) is 17.1 Å².